The molecule has 4 aromatic carbocycles. The number of hydrogen-bond acceptors (Lipinski definition) is 2. The van der Waals surface area contributed by atoms with Gasteiger partial charge in [-0.1, -0.05) is 54.6 Å². The molecule has 0 aliphatic carbocycles. The van der Waals surface area contributed by atoms with Gasteiger partial charge in [0.1, 0.15) is 5.75 Å². The van der Waals surface area contributed by atoms with Crippen molar-refractivity contribution in [1.29, 1.82) is 0 Å². The first-order chi connectivity index (χ1) is 13.3. The molecule has 0 unspecified atom stereocenters. The van der Waals surface area contributed by atoms with Gasteiger partial charge in [0.25, 0.3) is 0 Å². The molecule has 130 valence electrons. The highest BCUT2D eigenvalue weighted by molar-refractivity contribution is 14.1. The first kappa shape index (κ1) is 16.5. The van der Waals surface area contributed by atoms with Crippen LogP contribution in [0.4, 0.5) is 0 Å². The number of ether oxygens (including phenoxy) is 1. The van der Waals surface area contributed by atoms with E-state index in [9.17, 15) is 0 Å². The van der Waals surface area contributed by atoms with E-state index in [1.807, 2.05) is 12.3 Å². The predicted molar refractivity (Wildman–Crippen MR) is 121 cm³/mol. The molecule has 0 atom stereocenters. The molecule has 0 radical (unpaired) electrons. The SMILES string of the molecule is COc1ccc2c(cnc3c(I)c(-c4ccccc4)c4ccccc4c32)c1. The number of pyridine rings is 1. The zero-order valence-corrected chi connectivity index (χ0v) is 16.9. The fraction of sp³-hybridized carbons (Fsp3) is 0.0417. The Balaban J connectivity index is 2.00. The smallest absolute Gasteiger partial charge is 0.119 e. The molecule has 0 saturated carbocycles. The van der Waals surface area contributed by atoms with E-state index in [-0.39, 0.29) is 0 Å². The molecule has 0 aliphatic rings. The highest BCUT2D eigenvalue weighted by Gasteiger charge is 2.17. The van der Waals surface area contributed by atoms with Gasteiger partial charge in [-0.2, -0.15) is 0 Å². The topological polar surface area (TPSA) is 22.1 Å². The first-order valence-electron chi connectivity index (χ1n) is 8.80. The molecule has 0 bridgehead atoms. The molecule has 2 nitrogen and oxygen atoms in total. The van der Waals surface area contributed by atoms with Crippen LogP contribution < -0.4 is 4.74 Å². The van der Waals surface area contributed by atoms with Gasteiger partial charge >= 0.3 is 0 Å². The Morgan fingerprint density at radius 2 is 1.56 bits per heavy atom. The molecular formula is C24H16INO. The maximum absolute atomic E-state index is 5.39. The largest absolute Gasteiger partial charge is 0.497 e. The fourth-order valence-electron chi connectivity index (χ4n) is 3.81. The van der Waals surface area contributed by atoms with Crippen molar-refractivity contribution in [3.8, 4) is 16.9 Å². The summed E-state index contributed by atoms with van der Waals surface area (Å²) in [4.78, 5) is 4.86. The molecule has 0 N–H and O–H groups in total. The predicted octanol–water partition coefficient (Wildman–Crippen LogP) is 6.82. The van der Waals surface area contributed by atoms with E-state index in [0.29, 0.717) is 0 Å². The Labute approximate surface area is 170 Å². The lowest BCUT2D eigenvalue weighted by atomic mass is 9.93. The summed E-state index contributed by atoms with van der Waals surface area (Å²) < 4.78 is 6.58. The summed E-state index contributed by atoms with van der Waals surface area (Å²) in [6, 6.07) is 25.4. The van der Waals surface area contributed by atoms with Crippen LogP contribution in [0.2, 0.25) is 0 Å². The standard InChI is InChI=1S/C24H16INO/c1-27-17-11-12-18-16(13-17)14-26-24-22(18)20-10-6-5-9-19(20)21(23(24)25)15-7-3-2-4-8-15/h2-14H,1H3. The summed E-state index contributed by atoms with van der Waals surface area (Å²) in [5.41, 5.74) is 3.52. The quantitative estimate of drug-likeness (QED) is 0.213. The van der Waals surface area contributed by atoms with Crippen molar-refractivity contribution in [1.82, 2.24) is 4.98 Å². The zero-order chi connectivity index (χ0) is 18.4. The van der Waals surface area contributed by atoms with E-state index in [2.05, 4.69) is 89.3 Å². The molecule has 0 fully saturated rings. The average molecular weight is 461 g/mol. The van der Waals surface area contributed by atoms with Crippen molar-refractivity contribution in [2.75, 3.05) is 7.11 Å². The number of halogens is 1. The van der Waals surface area contributed by atoms with Crippen LogP contribution in [0.1, 0.15) is 0 Å². The molecule has 0 aliphatic heterocycles. The van der Waals surface area contributed by atoms with E-state index < -0.39 is 0 Å². The van der Waals surface area contributed by atoms with Crippen molar-refractivity contribution in [2.45, 2.75) is 0 Å². The lowest BCUT2D eigenvalue weighted by molar-refractivity contribution is 0.415. The molecule has 5 aromatic rings. The Hall–Kier alpha value is -2.66. The number of fused-ring (bicyclic) bond motifs is 5. The van der Waals surface area contributed by atoms with Gasteiger partial charge in [-0.3, -0.25) is 4.98 Å². The second-order valence-corrected chi connectivity index (χ2v) is 7.61. The molecule has 5 rings (SSSR count). The lowest BCUT2D eigenvalue weighted by Gasteiger charge is -2.15. The third-order valence-corrected chi connectivity index (χ3v) is 6.10. The van der Waals surface area contributed by atoms with Crippen LogP contribution in [-0.4, -0.2) is 12.1 Å². The van der Waals surface area contributed by atoms with Gasteiger partial charge in [-0.25, -0.2) is 0 Å². The van der Waals surface area contributed by atoms with Crippen LogP contribution >= 0.6 is 22.6 Å². The van der Waals surface area contributed by atoms with Crippen LogP contribution in [0.5, 0.6) is 5.75 Å². The van der Waals surface area contributed by atoms with Gasteiger partial charge in [0.05, 0.1) is 12.6 Å². The third-order valence-electron chi connectivity index (χ3n) is 5.05. The number of hydrogen-bond donors (Lipinski definition) is 0. The minimum atomic E-state index is 0.851. The number of rotatable bonds is 2. The minimum Gasteiger partial charge on any atom is -0.497 e. The molecule has 1 aromatic heterocycles. The van der Waals surface area contributed by atoms with E-state index in [4.69, 9.17) is 9.72 Å². The summed E-state index contributed by atoms with van der Waals surface area (Å²) >= 11 is 2.45. The number of aromatic nitrogens is 1. The van der Waals surface area contributed by atoms with Crippen molar-refractivity contribution in [3.63, 3.8) is 0 Å². The monoisotopic (exact) mass is 461 g/mol. The highest BCUT2D eigenvalue weighted by Crippen LogP contribution is 2.41. The van der Waals surface area contributed by atoms with Gasteiger partial charge < -0.3 is 4.74 Å². The third kappa shape index (κ3) is 2.57. The second-order valence-electron chi connectivity index (χ2n) is 6.54. The normalized spacial score (nSPS) is 11.3. The molecule has 3 heteroatoms. The maximum Gasteiger partial charge on any atom is 0.119 e. The molecule has 0 amide bonds. The Bertz CT molecular complexity index is 1310. The maximum atomic E-state index is 5.39. The molecule has 1 heterocycles. The van der Waals surface area contributed by atoms with Crippen LogP contribution in [0.15, 0.2) is 79.0 Å². The molecular weight excluding hydrogens is 445 g/mol. The fourth-order valence-corrected chi connectivity index (χ4v) is 4.82. The van der Waals surface area contributed by atoms with Crippen LogP contribution in [0.25, 0.3) is 43.6 Å². The van der Waals surface area contributed by atoms with Crippen LogP contribution in [0, 0.1) is 3.57 Å². The van der Waals surface area contributed by atoms with Crippen molar-refractivity contribution >= 4 is 55.0 Å². The summed E-state index contributed by atoms with van der Waals surface area (Å²) in [5.74, 6) is 0.851. The summed E-state index contributed by atoms with van der Waals surface area (Å²) in [7, 11) is 1.69. The first-order valence-corrected chi connectivity index (χ1v) is 9.88. The number of nitrogens with zero attached hydrogens (tertiary/aromatic N) is 1. The van der Waals surface area contributed by atoms with Gasteiger partial charge in [0, 0.05) is 26.1 Å². The van der Waals surface area contributed by atoms with Gasteiger partial charge in [-0.05, 0) is 62.5 Å². The Morgan fingerprint density at radius 1 is 0.815 bits per heavy atom. The second kappa shape index (κ2) is 6.50. The molecule has 0 saturated heterocycles. The lowest BCUT2D eigenvalue weighted by Crippen LogP contribution is -1.93. The Morgan fingerprint density at radius 3 is 2.33 bits per heavy atom. The van der Waals surface area contributed by atoms with Gasteiger partial charge in [-0.15, -0.1) is 0 Å². The van der Waals surface area contributed by atoms with Gasteiger partial charge in [0.15, 0.2) is 0 Å². The van der Waals surface area contributed by atoms with E-state index >= 15 is 0 Å². The minimum absolute atomic E-state index is 0.851. The van der Waals surface area contributed by atoms with Crippen molar-refractivity contribution in [2.24, 2.45) is 0 Å². The summed E-state index contributed by atoms with van der Waals surface area (Å²) in [6.45, 7) is 0. The summed E-state index contributed by atoms with van der Waals surface area (Å²) in [6.07, 6.45) is 1.95. The van der Waals surface area contributed by atoms with Crippen LogP contribution in [-0.2, 0) is 0 Å². The van der Waals surface area contributed by atoms with E-state index in [1.54, 1.807) is 7.11 Å². The Kier molecular flexibility index (Phi) is 3.97. The zero-order valence-electron chi connectivity index (χ0n) is 14.7. The highest BCUT2D eigenvalue weighted by atomic mass is 127. The molecule has 27 heavy (non-hydrogen) atoms. The van der Waals surface area contributed by atoms with E-state index in [0.717, 1.165) is 16.7 Å². The van der Waals surface area contributed by atoms with Crippen LogP contribution in [0.3, 0.4) is 0 Å². The number of methoxy groups -OCH3 is 1. The molecule has 0 spiro atoms. The summed E-state index contributed by atoms with van der Waals surface area (Å²) in [5, 5.41) is 5.99. The van der Waals surface area contributed by atoms with Crippen molar-refractivity contribution in [3.05, 3.63) is 82.6 Å². The van der Waals surface area contributed by atoms with E-state index in [1.165, 1.54) is 36.2 Å². The van der Waals surface area contributed by atoms with Gasteiger partial charge in [0.2, 0.25) is 0 Å². The average Bonchev–Trinajstić information content (AvgIpc) is 2.73. The van der Waals surface area contributed by atoms with Crippen molar-refractivity contribution < 1.29 is 4.74 Å². The number of benzene rings is 4.